The van der Waals surface area contributed by atoms with E-state index < -0.39 is 0 Å². The Labute approximate surface area is 178 Å². The molecule has 164 valence electrons. The van der Waals surface area contributed by atoms with Gasteiger partial charge in [0.1, 0.15) is 6.26 Å². The molecule has 0 atom stereocenters. The van der Waals surface area contributed by atoms with Crippen molar-refractivity contribution < 1.29 is 14.0 Å². The van der Waals surface area contributed by atoms with Gasteiger partial charge in [-0.15, -0.1) is 0 Å². The van der Waals surface area contributed by atoms with Crippen molar-refractivity contribution in [1.29, 1.82) is 0 Å². The molecule has 8 heteroatoms. The third kappa shape index (κ3) is 6.13. The van der Waals surface area contributed by atoms with Crippen LogP contribution < -0.4 is 14.8 Å². The zero-order valence-electron chi connectivity index (χ0n) is 18.3. The fraction of sp³-hybridized carbons (Fsp3) is 0.545. The molecule has 2 heterocycles. The molecule has 2 aromatic rings. The van der Waals surface area contributed by atoms with Gasteiger partial charge in [-0.05, 0) is 38.0 Å². The van der Waals surface area contributed by atoms with Gasteiger partial charge in [0.05, 0.1) is 18.9 Å². The lowest BCUT2D eigenvalue weighted by Gasteiger charge is -2.36. The molecule has 1 aromatic carbocycles. The number of nitrogens with one attached hydrogen (secondary N) is 1. The standard InChI is InChI=1S/C22H33N5O3/c1-4-28-20-7-6-18(16-21(20)29-5-2)8-10-24-22(23-3)27-13-11-26(12-14-27)17-19-9-15-30-25-19/h6-7,9,15-16H,4-5,8,10-14,17H2,1-3H3,(H,23,24). The highest BCUT2D eigenvalue weighted by atomic mass is 16.5. The molecular formula is C22H33N5O3. The predicted molar refractivity (Wildman–Crippen MR) is 117 cm³/mol. The minimum Gasteiger partial charge on any atom is -0.490 e. The van der Waals surface area contributed by atoms with Crippen LogP contribution in [0.4, 0.5) is 0 Å². The van der Waals surface area contributed by atoms with E-state index in [1.165, 1.54) is 5.56 Å². The average Bonchev–Trinajstić information content (AvgIpc) is 3.27. The van der Waals surface area contributed by atoms with E-state index in [4.69, 9.17) is 14.0 Å². The minimum absolute atomic E-state index is 0.622. The molecule has 3 rings (SSSR count). The van der Waals surface area contributed by atoms with Gasteiger partial charge in [0.25, 0.3) is 0 Å². The topological polar surface area (TPSA) is 75.4 Å². The van der Waals surface area contributed by atoms with Crippen LogP contribution in [-0.2, 0) is 13.0 Å². The molecule has 0 bridgehead atoms. The molecule has 1 aromatic heterocycles. The zero-order chi connectivity index (χ0) is 21.2. The molecule has 8 nitrogen and oxygen atoms in total. The van der Waals surface area contributed by atoms with E-state index in [2.05, 4.69) is 37.4 Å². The summed E-state index contributed by atoms with van der Waals surface area (Å²) in [6.45, 7) is 10.7. The Balaban J connectivity index is 1.46. The van der Waals surface area contributed by atoms with Crippen molar-refractivity contribution in [3.63, 3.8) is 0 Å². The maximum absolute atomic E-state index is 5.73. The van der Waals surface area contributed by atoms with Crippen LogP contribution >= 0.6 is 0 Å². The third-order valence-corrected chi connectivity index (χ3v) is 5.07. The van der Waals surface area contributed by atoms with Crippen molar-refractivity contribution in [2.45, 2.75) is 26.8 Å². The molecule has 1 fully saturated rings. The smallest absolute Gasteiger partial charge is 0.193 e. The van der Waals surface area contributed by atoms with Crippen molar-refractivity contribution in [1.82, 2.24) is 20.3 Å². The lowest BCUT2D eigenvalue weighted by molar-refractivity contribution is 0.169. The Morgan fingerprint density at radius 1 is 1.10 bits per heavy atom. The van der Waals surface area contributed by atoms with Gasteiger partial charge in [0.15, 0.2) is 17.5 Å². The average molecular weight is 416 g/mol. The highest BCUT2D eigenvalue weighted by molar-refractivity contribution is 5.80. The zero-order valence-corrected chi connectivity index (χ0v) is 18.3. The summed E-state index contributed by atoms with van der Waals surface area (Å²) in [5.74, 6) is 2.56. The summed E-state index contributed by atoms with van der Waals surface area (Å²) in [5, 5.41) is 7.50. The van der Waals surface area contributed by atoms with Gasteiger partial charge < -0.3 is 24.2 Å². The van der Waals surface area contributed by atoms with Gasteiger partial charge >= 0.3 is 0 Å². The third-order valence-electron chi connectivity index (χ3n) is 5.07. The molecule has 0 saturated carbocycles. The molecule has 30 heavy (non-hydrogen) atoms. The van der Waals surface area contributed by atoms with E-state index in [1.807, 2.05) is 33.0 Å². The molecule has 0 amide bonds. The Morgan fingerprint density at radius 3 is 2.53 bits per heavy atom. The molecule has 1 aliphatic rings. The van der Waals surface area contributed by atoms with Crippen LogP contribution in [0.3, 0.4) is 0 Å². The molecule has 0 unspecified atom stereocenters. The first-order valence-electron chi connectivity index (χ1n) is 10.7. The van der Waals surface area contributed by atoms with E-state index in [9.17, 15) is 0 Å². The van der Waals surface area contributed by atoms with Crippen molar-refractivity contribution in [2.75, 3.05) is 53.0 Å². The van der Waals surface area contributed by atoms with Crippen LogP contribution in [0.1, 0.15) is 25.1 Å². The fourth-order valence-electron chi connectivity index (χ4n) is 3.57. The van der Waals surface area contributed by atoms with Gasteiger partial charge in [-0.25, -0.2) is 0 Å². The molecular weight excluding hydrogens is 382 g/mol. The number of hydrogen-bond donors (Lipinski definition) is 1. The first-order valence-corrected chi connectivity index (χ1v) is 10.7. The molecule has 0 radical (unpaired) electrons. The van der Waals surface area contributed by atoms with Crippen LogP contribution in [0, 0.1) is 0 Å². The number of aliphatic imine (C=N–C) groups is 1. The van der Waals surface area contributed by atoms with Crippen molar-refractivity contribution in [2.24, 2.45) is 4.99 Å². The normalized spacial score (nSPS) is 15.3. The monoisotopic (exact) mass is 415 g/mol. The fourth-order valence-corrected chi connectivity index (χ4v) is 3.57. The largest absolute Gasteiger partial charge is 0.490 e. The van der Waals surface area contributed by atoms with E-state index in [0.717, 1.165) is 68.8 Å². The van der Waals surface area contributed by atoms with Gasteiger partial charge in [0.2, 0.25) is 0 Å². The molecule has 1 aliphatic heterocycles. The summed E-state index contributed by atoms with van der Waals surface area (Å²) in [6.07, 6.45) is 2.51. The highest BCUT2D eigenvalue weighted by Crippen LogP contribution is 2.28. The van der Waals surface area contributed by atoms with Gasteiger partial charge in [-0.3, -0.25) is 9.89 Å². The number of aromatic nitrogens is 1. The van der Waals surface area contributed by atoms with E-state index >= 15 is 0 Å². The number of rotatable bonds is 9. The van der Waals surface area contributed by atoms with Crippen LogP contribution in [0.15, 0.2) is 40.0 Å². The van der Waals surface area contributed by atoms with Crippen LogP contribution in [0.25, 0.3) is 0 Å². The number of nitrogens with zero attached hydrogens (tertiary/aromatic N) is 4. The second-order valence-electron chi connectivity index (χ2n) is 7.13. The minimum atomic E-state index is 0.622. The number of benzene rings is 1. The van der Waals surface area contributed by atoms with Gasteiger partial charge in [-0.1, -0.05) is 11.2 Å². The molecule has 0 aliphatic carbocycles. The van der Waals surface area contributed by atoms with E-state index in [-0.39, 0.29) is 0 Å². The van der Waals surface area contributed by atoms with Crippen LogP contribution in [0.5, 0.6) is 11.5 Å². The van der Waals surface area contributed by atoms with E-state index in [0.29, 0.717) is 13.2 Å². The highest BCUT2D eigenvalue weighted by Gasteiger charge is 2.20. The Bertz CT molecular complexity index is 786. The second kappa shape index (κ2) is 11.4. The maximum Gasteiger partial charge on any atom is 0.193 e. The Hall–Kier alpha value is -2.74. The second-order valence-corrected chi connectivity index (χ2v) is 7.13. The van der Waals surface area contributed by atoms with Crippen molar-refractivity contribution in [3.05, 3.63) is 41.8 Å². The molecule has 0 spiro atoms. The summed E-state index contributed by atoms with van der Waals surface area (Å²) in [5.41, 5.74) is 2.19. The summed E-state index contributed by atoms with van der Waals surface area (Å²) in [7, 11) is 1.84. The Kier molecular flexibility index (Phi) is 8.38. The summed E-state index contributed by atoms with van der Waals surface area (Å²) in [4.78, 5) is 9.16. The lowest BCUT2D eigenvalue weighted by atomic mass is 10.1. The summed E-state index contributed by atoms with van der Waals surface area (Å²) < 4.78 is 16.3. The van der Waals surface area contributed by atoms with Crippen LogP contribution in [-0.4, -0.2) is 73.9 Å². The molecule has 1 saturated heterocycles. The van der Waals surface area contributed by atoms with Crippen LogP contribution in [0.2, 0.25) is 0 Å². The van der Waals surface area contributed by atoms with Crippen molar-refractivity contribution >= 4 is 5.96 Å². The summed E-state index contributed by atoms with van der Waals surface area (Å²) >= 11 is 0. The number of piperazine rings is 1. The Morgan fingerprint density at radius 2 is 1.87 bits per heavy atom. The predicted octanol–water partition coefficient (Wildman–Crippen LogP) is 2.41. The number of hydrogen-bond acceptors (Lipinski definition) is 6. The SMILES string of the molecule is CCOc1ccc(CCNC(=NC)N2CCN(Cc3ccon3)CC2)cc1OCC. The first kappa shape index (κ1) is 22.0. The van der Waals surface area contributed by atoms with Crippen molar-refractivity contribution in [3.8, 4) is 11.5 Å². The maximum atomic E-state index is 5.73. The van der Waals surface area contributed by atoms with Gasteiger partial charge in [-0.2, -0.15) is 0 Å². The van der Waals surface area contributed by atoms with Gasteiger partial charge in [0, 0.05) is 52.4 Å². The van der Waals surface area contributed by atoms with E-state index in [1.54, 1.807) is 6.26 Å². The number of ether oxygens (including phenoxy) is 2. The quantitative estimate of drug-likeness (QED) is 0.498. The first-order chi connectivity index (χ1) is 14.7. The summed E-state index contributed by atoms with van der Waals surface area (Å²) in [6, 6.07) is 8.08. The molecule has 1 N–H and O–H groups in total. The lowest BCUT2D eigenvalue weighted by Crippen LogP contribution is -2.52. The number of guanidine groups is 1.